The lowest BCUT2D eigenvalue weighted by atomic mass is 10.1. The normalized spacial score (nSPS) is 18.1. The fraction of sp³-hybridized carbons (Fsp3) is 0.316. The lowest BCUT2D eigenvalue weighted by molar-refractivity contribution is 0.0930. The van der Waals surface area contributed by atoms with Crippen LogP contribution in [0, 0.1) is 6.92 Å². The molecule has 0 radical (unpaired) electrons. The standard InChI is InChI=1S/C19H18ClNO4/c1-11-3-4-16-13(7-11)15(10-25-16)21-19(22)12-8-14(20)18-17(9-12)23-5-2-6-24-18/h3-4,7-9,15H,2,5-6,10H2,1H3,(H,21,22). The molecule has 2 aromatic rings. The first-order valence-electron chi connectivity index (χ1n) is 8.25. The van der Waals surface area contributed by atoms with Crippen LogP contribution in [0.2, 0.25) is 5.02 Å². The maximum atomic E-state index is 12.7. The number of carbonyl (C=O) groups excluding carboxylic acids is 1. The molecule has 1 atom stereocenters. The average molecular weight is 360 g/mol. The predicted octanol–water partition coefficient (Wildman–Crippen LogP) is 3.67. The van der Waals surface area contributed by atoms with Gasteiger partial charge in [0.2, 0.25) is 0 Å². The van der Waals surface area contributed by atoms with E-state index >= 15 is 0 Å². The minimum absolute atomic E-state index is 0.183. The lowest BCUT2D eigenvalue weighted by Crippen LogP contribution is -2.29. The largest absolute Gasteiger partial charge is 0.491 e. The molecule has 0 saturated carbocycles. The van der Waals surface area contributed by atoms with Gasteiger partial charge in [-0.25, -0.2) is 0 Å². The molecular formula is C19H18ClNO4. The van der Waals surface area contributed by atoms with Crippen LogP contribution in [0.3, 0.4) is 0 Å². The van der Waals surface area contributed by atoms with Gasteiger partial charge >= 0.3 is 0 Å². The first-order chi connectivity index (χ1) is 12.1. The van der Waals surface area contributed by atoms with Crippen molar-refractivity contribution in [2.45, 2.75) is 19.4 Å². The number of carbonyl (C=O) groups is 1. The number of rotatable bonds is 2. The third-order valence-corrected chi connectivity index (χ3v) is 4.60. The molecule has 0 aromatic heterocycles. The Kier molecular flexibility index (Phi) is 4.17. The summed E-state index contributed by atoms with van der Waals surface area (Å²) in [6.07, 6.45) is 0.780. The van der Waals surface area contributed by atoms with Gasteiger partial charge in [0.1, 0.15) is 12.4 Å². The van der Waals surface area contributed by atoms with E-state index in [1.807, 2.05) is 25.1 Å². The van der Waals surface area contributed by atoms with E-state index in [4.69, 9.17) is 25.8 Å². The van der Waals surface area contributed by atoms with Gasteiger partial charge < -0.3 is 19.5 Å². The Morgan fingerprint density at radius 2 is 1.96 bits per heavy atom. The molecule has 130 valence electrons. The molecule has 25 heavy (non-hydrogen) atoms. The molecule has 0 saturated heterocycles. The molecule has 2 heterocycles. The second-order valence-electron chi connectivity index (χ2n) is 6.21. The molecule has 1 N–H and O–H groups in total. The van der Waals surface area contributed by atoms with Crippen LogP contribution in [0.25, 0.3) is 0 Å². The SMILES string of the molecule is Cc1ccc2c(c1)C(NC(=O)c1cc(Cl)c3c(c1)OCCCO3)CO2. The molecule has 2 aromatic carbocycles. The first kappa shape index (κ1) is 16.1. The Morgan fingerprint density at radius 1 is 1.12 bits per heavy atom. The summed E-state index contributed by atoms with van der Waals surface area (Å²) in [5.74, 6) is 1.60. The summed E-state index contributed by atoms with van der Waals surface area (Å²) in [6.45, 7) is 3.52. The molecule has 0 spiro atoms. The van der Waals surface area contributed by atoms with Crippen molar-refractivity contribution in [3.05, 3.63) is 52.0 Å². The Bertz CT molecular complexity index is 836. The quantitative estimate of drug-likeness (QED) is 0.888. The van der Waals surface area contributed by atoms with E-state index in [1.165, 1.54) is 0 Å². The highest BCUT2D eigenvalue weighted by Crippen LogP contribution is 2.38. The van der Waals surface area contributed by atoms with Crippen LogP contribution < -0.4 is 19.5 Å². The fourth-order valence-electron chi connectivity index (χ4n) is 3.06. The number of fused-ring (bicyclic) bond motifs is 2. The van der Waals surface area contributed by atoms with Crippen LogP contribution in [-0.2, 0) is 0 Å². The maximum absolute atomic E-state index is 12.7. The second kappa shape index (κ2) is 6.48. The molecule has 0 bridgehead atoms. The van der Waals surface area contributed by atoms with E-state index in [9.17, 15) is 4.79 Å². The summed E-state index contributed by atoms with van der Waals surface area (Å²) in [4.78, 5) is 12.7. The summed E-state index contributed by atoms with van der Waals surface area (Å²) >= 11 is 6.27. The summed E-state index contributed by atoms with van der Waals surface area (Å²) in [5, 5.41) is 3.39. The predicted molar refractivity (Wildman–Crippen MR) is 93.9 cm³/mol. The Morgan fingerprint density at radius 3 is 2.84 bits per heavy atom. The number of hydrogen-bond donors (Lipinski definition) is 1. The number of aryl methyl sites for hydroxylation is 1. The smallest absolute Gasteiger partial charge is 0.252 e. The summed E-state index contributed by atoms with van der Waals surface area (Å²) < 4.78 is 16.9. The maximum Gasteiger partial charge on any atom is 0.252 e. The average Bonchev–Trinajstić information content (AvgIpc) is 2.82. The number of nitrogens with one attached hydrogen (secondary N) is 1. The number of amides is 1. The molecule has 2 aliphatic rings. The Labute approximate surface area is 150 Å². The molecule has 2 aliphatic heterocycles. The highest BCUT2D eigenvalue weighted by atomic mass is 35.5. The zero-order chi connectivity index (χ0) is 17.4. The van der Waals surface area contributed by atoms with Crippen molar-refractivity contribution in [1.29, 1.82) is 0 Å². The van der Waals surface area contributed by atoms with E-state index in [2.05, 4.69) is 5.32 Å². The van der Waals surface area contributed by atoms with Crippen LogP contribution >= 0.6 is 11.6 Å². The highest BCUT2D eigenvalue weighted by Gasteiger charge is 2.27. The van der Waals surface area contributed by atoms with Crippen molar-refractivity contribution >= 4 is 17.5 Å². The van der Waals surface area contributed by atoms with Gasteiger partial charge in [0.15, 0.2) is 11.5 Å². The lowest BCUT2D eigenvalue weighted by Gasteiger charge is -2.14. The summed E-state index contributed by atoms with van der Waals surface area (Å²) in [7, 11) is 0. The van der Waals surface area contributed by atoms with Crippen molar-refractivity contribution in [2.75, 3.05) is 19.8 Å². The molecule has 5 nitrogen and oxygen atoms in total. The second-order valence-corrected chi connectivity index (χ2v) is 6.62. The molecule has 0 fully saturated rings. The van der Waals surface area contributed by atoms with E-state index < -0.39 is 0 Å². The third-order valence-electron chi connectivity index (χ3n) is 4.32. The minimum atomic E-state index is -0.222. The van der Waals surface area contributed by atoms with Crippen molar-refractivity contribution in [1.82, 2.24) is 5.32 Å². The fourth-order valence-corrected chi connectivity index (χ4v) is 3.32. The first-order valence-corrected chi connectivity index (χ1v) is 8.63. The van der Waals surface area contributed by atoms with E-state index in [-0.39, 0.29) is 11.9 Å². The number of hydrogen-bond acceptors (Lipinski definition) is 4. The van der Waals surface area contributed by atoms with Gasteiger partial charge in [0, 0.05) is 17.5 Å². The minimum Gasteiger partial charge on any atom is -0.491 e. The number of benzene rings is 2. The van der Waals surface area contributed by atoms with Gasteiger partial charge in [-0.2, -0.15) is 0 Å². The number of halogens is 1. The van der Waals surface area contributed by atoms with Gasteiger partial charge in [-0.1, -0.05) is 29.3 Å². The van der Waals surface area contributed by atoms with E-state index in [1.54, 1.807) is 12.1 Å². The van der Waals surface area contributed by atoms with Gasteiger partial charge in [-0.3, -0.25) is 4.79 Å². The number of ether oxygens (including phenoxy) is 3. The van der Waals surface area contributed by atoms with Crippen LogP contribution in [0.5, 0.6) is 17.2 Å². The monoisotopic (exact) mass is 359 g/mol. The van der Waals surface area contributed by atoms with Crippen molar-refractivity contribution in [2.24, 2.45) is 0 Å². The Hall–Kier alpha value is -2.40. The summed E-state index contributed by atoms with van der Waals surface area (Å²) in [6, 6.07) is 9.06. The molecule has 6 heteroatoms. The van der Waals surface area contributed by atoms with Crippen molar-refractivity contribution < 1.29 is 19.0 Å². The summed E-state index contributed by atoms with van der Waals surface area (Å²) in [5.41, 5.74) is 2.56. The molecule has 1 amide bonds. The highest BCUT2D eigenvalue weighted by molar-refractivity contribution is 6.32. The topological polar surface area (TPSA) is 56.8 Å². The van der Waals surface area contributed by atoms with Crippen LogP contribution in [0.4, 0.5) is 0 Å². The van der Waals surface area contributed by atoms with Gasteiger partial charge in [0.05, 0.1) is 24.3 Å². The van der Waals surface area contributed by atoms with Gasteiger partial charge in [-0.05, 0) is 25.1 Å². The Balaban J connectivity index is 1.58. The van der Waals surface area contributed by atoms with Crippen LogP contribution in [0.15, 0.2) is 30.3 Å². The van der Waals surface area contributed by atoms with E-state index in [0.29, 0.717) is 41.9 Å². The van der Waals surface area contributed by atoms with Gasteiger partial charge in [-0.15, -0.1) is 0 Å². The molecule has 4 rings (SSSR count). The van der Waals surface area contributed by atoms with Crippen LogP contribution in [-0.4, -0.2) is 25.7 Å². The van der Waals surface area contributed by atoms with E-state index in [0.717, 1.165) is 23.3 Å². The molecular weight excluding hydrogens is 342 g/mol. The zero-order valence-electron chi connectivity index (χ0n) is 13.8. The van der Waals surface area contributed by atoms with Gasteiger partial charge in [0.25, 0.3) is 5.91 Å². The zero-order valence-corrected chi connectivity index (χ0v) is 14.6. The van der Waals surface area contributed by atoms with Crippen molar-refractivity contribution in [3.63, 3.8) is 0 Å². The van der Waals surface area contributed by atoms with Crippen molar-refractivity contribution in [3.8, 4) is 17.2 Å². The molecule has 0 aliphatic carbocycles. The molecule has 1 unspecified atom stereocenters. The van der Waals surface area contributed by atoms with Crippen LogP contribution in [0.1, 0.15) is 33.9 Å². The third kappa shape index (κ3) is 3.12.